The lowest BCUT2D eigenvalue weighted by molar-refractivity contribution is -0.112. The zero-order chi connectivity index (χ0) is 13.0. The zero-order valence-corrected chi connectivity index (χ0v) is 11.5. The lowest BCUT2D eigenvalue weighted by Crippen LogP contribution is -2.49. The van der Waals surface area contributed by atoms with E-state index in [0.29, 0.717) is 0 Å². The highest BCUT2D eigenvalue weighted by atomic mass is 16.5. The molecule has 1 N–H and O–H groups in total. The van der Waals surface area contributed by atoms with Crippen LogP contribution in [0, 0.1) is 0 Å². The number of hydrogen-bond acceptors (Lipinski definition) is 4. The second kappa shape index (κ2) is 5.82. The molecule has 0 spiro atoms. The van der Waals surface area contributed by atoms with Crippen molar-refractivity contribution in [1.29, 1.82) is 0 Å². The number of aryl methyl sites for hydroxylation is 1. The van der Waals surface area contributed by atoms with Gasteiger partial charge in [-0.1, -0.05) is 6.92 Å². The van der Waals surface area contributed by atoms with Crippen molar-refractivity contribution < 1.29 is 9.47 Å². The average Bonchev–Trinajstić information content (AvgIpc) is 2.83. The van der Waals surface area contributed by atoms with Gasteiger partial charge in [-0.15, -0.1) is 0 Å². The van der Waals surface area contributed by atoms with Gasteiger partial charge in [0, 0.05) is 46.4 Å². The summed E-state index contributed by atoms with van der Waals surface area (Å²) in [7, 11) is 3.73. The molecule has 2 rings (SSSR count). The third kappa shape index (κ3) is 2.58. The molecule has 2 heterocycles. The molecule has 0 aliphatic carbocycles. The number of nitrogens with zero attached hydrogens (tertiary/aromatic N) is 2. The van der Waals surface area contributed by atoms with Gasteiger partial charge in [0.05, 0.1) is 17.3 Å². The molecule has 5 heteroatoms. The number of ether oxygens (including phenoxy) is 2. The van der Waals surface area contributed by atoms with Crippen LogP contribution in [0.25, 0.3) is 0 Å². The van der Waals surface area contributed by atoms with Crippen LogP contribution in [0.4, 0.5) is 0 Å². The molecular formula is C13H23N3O2. The second-order valence-electron chi connectivity index (χ2n) is 4.79. The van der Waals surface area contributed by atoms with Crippen molar-refractivity contribution in [3.8, 4) is 0 Å². The van der Waals surface area contributed by atoms with Gasteiger partial charge in [-0.25, -0.2) is 0 Å². The molecule has 1 aliphatic heterocycles. The van der Waals surface area contributed by atoms with Crippen LogP contribution in [0.5, 0.6) is 0 Å². The molecule has 0 bridgehead atoms. The van der Waals surface area contributed by atoms with Crippen LogP contribution < -0.4 is 5.32 Å². The summed E-state index contributed by atoms with van der Waals surface area (Å²) < 4.78 is 13.2. The lowest BCUT2D eigenvalue weighted by atomic mass is 9.84. The van der Waals surface area contributed by atoms with Crippen LogP contribution in [0.15, 0.2) is 12.3 Å². The van der Waals surface area contributed by atoms with Gasteiger partial charge in [0.15, 0.2) is 0 Å². The topological polar surface area (TPSA) is 48.3 Å². The highest BCUT2D eigenvalue weighted by Crippen LogP contribution is 2.36. The number of likely N-dealkylation sites (N-methyl/N-ethyl adjacent to an activating group) is 1. The van der Waals surface area contributed by atoms with Crippen molar-refractivity contribution in [3.05, 3.63) is 18.0 Å². The third-order valence-corrected chi connectivity index (χ3v) is 3.71. The summed E-state index contributed by atoms with van der Waals surface area (Å²) in [5, 5.41) is 8.05. The molecule has 1 atom stereocenters. The summed E-state index contributed by atoms with van der Waals surface area (Å²) in [5.41, 5.74) is 0.839. The van der Waals surface area contributed by atoms with Crippen LogP contribution in [-0.2, 0) is 16.5 Å². The summed E-state index contributed by atoms with van der Waals surface area (Å²) in [5.74, 6) is 0. The Bertz CT molecular complexity index is 372. The van der Waals surface area contributed by atoms with Gasteiger partial charge in [-0.05, 0) is 12.6 Å². The predicted octanol–water partition coefficient (Wildman–Crippen LogP) is 1.27. The smallest absolute Gasteiger partial charge is 0.0932 e. The van der Waals surface area contributed by atoms with E-state index in [4.69, 9.17) is 9.47 Å². The van der Waals surface area contributed by atoms with E-state index in [0.717, 1.165) is 38.3 Å². The van der Waals surface area contributed by atoms with Crippen LogP contribution >= 0.6 is 0 Å². The molecule has 0 amide bonds. The minimum atomic E-state index is -0.206. The van der Waals surface area contributed by atoms with Gasteiger partial charge in [0.25, 0.3) is 0 Å². The van der Waals surface area contributed by atoms with E-state index in [1.807, 2.05) is 17.9 Å². The van der Waals surface area contributed by atoms with E-state index in [-0.39, 0.29) is 11.6 Å². The van der Waals surface area contributed by atoms with Crippen LogP contribution in [0.3, 0.4) is 0 Å². The van der Waals surface area contributed by atoms with Crippen molar-refractivity contribution in [2.45, 2.75) is 31.4 Å². The van der Waals surface area contributed by atoms with Crippen LogP contribution in [-0.4, -0.2) is 42.2 Å². The lowest BCUT2D eigenvalue weighted by Gasteiger charge is -2.41. The molecular weight excluding hydrogens is 230 g/mol. The van der Waals surface area contributed by atoms with Gasteiger partial charge >= 0.3 is 0 Å². The molecule has 1 aromatic rings. The van der Waals surface area contributed by atoms with Gasteiger partial charge in [0.2, 0.25) is 0 Å². The van der Waals surface area contributed by atoms with Crippen molar-refractivity contribution in [2.24, 2.45) is 7.05 Å². The molecule has 0 saturated carbocycles. The molecule has 1 unspecified atom stereocenters. The van der Waals surface area contributed by atoms with Crippen molar-refractivity contribution in [2.75, 3.05) is 26.9 Å². The summed E-state index contributed by atoms with van der Waals surface area (Å²) in [6.45, 7) is 4.51. The number of rotatable bonds is 5. The molecule has 0 aromatic carbocycles. The first-order valence-electron chi connectivity index (χ1n) is 6.57. The minimum absolute atomic E-state index is 0.123. The quantitative estimate of drug-likeness (QED) is 0.858. The van der Waals surface area contributed by atoms with E-state index in [2.05, 4.69) is 23.4 Å². The van der Waals surface area contributed by atoms with E-state index < -0.39 is 0 Å². The normalized spacial score (nSPS) is 20.8. The molecule has 1 saturated heterocycles. The number of hydrogen-bond donors (Lipinski definition) is 1. The molecule has 1 aliphatic rings. The first-order chi connectivity index (χ1) is 8.72. The molecule has 102 valence electrons. The number of nitrogens with one attached hydrogen (secondary N) is 1. The Labute approximate surface area is 108 Å². The monoisotopic (exact) mass is 253 g/mol. The summed E-state index contributed by atoms with van der Waals surface area (Å²) in [4.78, 5) is 0. The molecule has 1 aromatic heterocycles. The Hall–Kier alpha value is -0.910. The number of aromatic nitrogens is 2. The average molecular weight is 253 g/mol. The third-order valence-electron chi connectivity index (χ3n) is 3.71. The fourth-order valence-corrected chi connectivity index (χ4v) is 2.68. The van der Waals surface area contributed by atoms with Crippen molar-refractivity contribution >= 4 is 0 Å². The maximum atomic E-state index is 5.87. The molecule has 5 nitrogen and oxygen atoms in total. The van der Waals surface area contributed by atoms with Gasteiger partial charge < -0.3 is 14.8 Å². The van der Waals surface area contributed by atoms with Crippen LogP contribution in [0.2, 0.25) is 0 Å². The summed E-state index contributed by atoms with van der Waals surface area (Å²) in [6.07, 6.45) is 3.78. The minimum Gasteiger partial charge on any atom is -0.381 e. The second-order valence-corrected chi connectivity index (χ2v) is 4.79. The Balaban J connectivity index is 2.26. The van der Waals surface area contributed by atoms with Gasteiger partial charge in [-0.2, -0.15) is 5.10 Å². The van der Waals surface area contributed by atoms with Gasteiger partial charge in [0.1, 0.15) is 0 Å². The molecule has 0 radical (unpaired) electrons. The summed E-state index contributed by atoms with van der Waals surface area (Å²) in [6, 6.07) is 2.18. The molecule has 18 heavy (non-hydrogen) atoms. The highest BCUT2D eigenvalue weighted by Gasteiger charge is 2.42. The number of methoxy groups -OCH3 is 1. The maximum absolute atomic E-state index is 5.87. The maximum Gasteiger partial charge on any atom is 0.0932 e. The summed E-state index contributed by atoms with van der Waals surface area (Å²) >= 11 is 0. The van der Waals surface area contributed by atoms with Crippen molar-refractivity contribution in [3.63, 3.8) is 0 Å². The van der Waals surface area contributed by atoms with Gasteiger partial charge in [-0.3, -0.25) is 4.68 Å². The molecule has 1 fully saturated rings. The Morgan fingerprint density at radius 1 is 1.56 bits per heavy atom. The van der Waals surface area contributed by atoms with E-state index in [1.165, 1.54) is 0 Å². The largest absolute Gasteiger partial charge is 0.381 e. The standard InChI is InChI=1S/C13H23N3O2/c1-4-14-12(11-5-8-16(2)15-11)13(17-3)6-9-18-10-7-13/h5,8,12,14H,4,6-7,9-10H2,1-3H3. The fourth-order valence-electron chi connectivity index (χ4n) is 2.68. The Morgan fingerprint density at radius 3 is 2.78 bits per heavy atom. The SMILES string of the molecule is CCNC(c1ccn(C)n1)C1(OC)CCOCC1. The predicted molar refractivity (Wildman–Crippen MR) is 69.4 cm³/mol. The Kier molecular flexibility index (Phi) is 4.37. The van der Waals surface area contributed by atoms with E-state index >= 15 is 0 Å². The van der Waals surface area contributed by atoms with E-state index in [1.54, 1.807) is 7.11 Å². The van der Waals surface area contributed by atoms with Crippen LogP contribution in [0.1, 0.15) is 31.5 Å². The fraction of sp³-hybridized carbons (Fsp3) is 0.769. The first-order valence-corrected chi connectivity index (χ1v) is 6.57. The first kappa shape index (κ1) is 13.5. The van der Waals surface area contributed by atoms with E-state index in [9.17, 15) is 0 Å². The highest BCUT2D eigenvalue weighted by molar-refractivity contribution is 5.13. The van der Waals surface area contributed by atoms with Crippen molar-refractivity contribution in [1.82, 2.24) is 15.1 Å². The Morgan fingerprint density at radius 2 is 2.28 bits per heavy atom. The zero-order valence-electron chi connectivity index (χ0n) is 11.5.